The molecule has 9 N–H and O–H groups in total. The van der Waals surface area contributed by atoms with Crippen molar-refractivity contribution in [3.8, 4) is 0 Å². The minimum absolute atomic E-state index is 0.0496. The Hall–Kier alpha value is -3.63. The normalized spacial score (nSPS) is 34.1. The number of ketones is 1. The Morgan fingerprint density at radius 2 is 1.50 bits per heavy atom. The first-order chi connectivity index (χ1) is 30.5. The van der Waals surface area contributed by atoms with Gasteiger partial charge in [-0.15, -0.1) is 0 Å². The summed E-state index contributed by atoms with van der Waals surface area (Å²) < 4.78 is 31.3. The Morgan fingerprint density at radius 3 is 2.12 bits per heavy atom. The molecule has 64 heavy (non-hydrogen) atoms. The van der Waals surface area contributed by atoms with Crippen LogP contribution in [0.15, 0.2) is 24.3 Å². The van der Waals surface area contributed by atoms with Crippen LogP contribution in [0.3, 0.4) is 0 Å². The molecule has 2 aliphatic heterocycles. The number of carbonyl (C=O) groups is 5. The van der Waals surface area contributed by atoms with Crippen LogP contribution >= 0.6 is 0 Å². The van der Waals surface area contributed by atoms with E-state index >= 15 is 0 Å². The van der Waals surface area contributed by atoms with Crippen molar-refractivity contribution in [3.05, 3.63) is 35.4 Å². The molecule has 1 aromatic carbocycles. The van der Waals surface area contributed by atoms with E-state index in [1.54, 1.807) is 0 Å². The second kappa shape index (κ2) is 24.2. The number of amides is 2. The van der Waals surface area contributed by atoms with Crippen LogP contribution in [0.25, 0.3) is 0 Å². The third-order valence-electron chi connectivity index (χ3n) is 13.2. The van der Waals surface area contributed by atoms with E-state index in [1.165, 1.54) is 13.8 Å². The van der Waals surface area contributed by atoms with E-state index in [1.807, 2.05) is 31.2 Å². The zero-order chi connectivity index (χ0) is 46.7. The number of carbonyl (C=O) groups excluding carboxylic acids is 3. The van der Waals surface area contributed by atoms with Gasteiger partial charge in [-0.05, 0) is 55.6 Å². The molecule has 2 heterocycles. The van der Waals surface area contributed by atoms with Gasteiger partial charge < -0.3 is 70.1 Å². The fourth-order valence-electron chi connectivity index (χ4n) is 9.43. The molecule has 2 saturated heterocycles. The maximum absolute atomic E-state index is 14.1. The zero-order valence-corrected chi connectivity index (χ0v) is 36.9. The van der Waals surface area contributed by atoms with Crippen LogP contribution in [0.4, 0.5) is 0 Å². The van der Waals surface area contributed by atoms with E-state index < -0.39 is 116 Å². The Bertz CT molecular complexity index is 1690. The van der Waals surface area contributed by atoms with Crippen LogP contribution in [0, 0.1) is 17.8 Å². The van der Waals surface area contributed by atoms with Crippen molar-refractivity contribution < 1.29 is 83.4 Å². The summed E-state index contributed by atoms with van der Waals surface area (Å²) in [7, 11) is 0. The summed E-state index contributed by atoms with van der Waals surface area (Å²) in [4.78, 5) is 62.2. The molecule has 19 heteroatoms. The SMILES string of the molecule is CCC1CC(C(=O)CCc2ccc(CNC(=O)CCC(=O)O)cc2)C[C@@H](O[C@@H]2O[C@@H](CO)[C@H](O)C(O[C@@H](CC3CCCCC3)C(=O)O)C2NC(C)=O)[C@@H]1O[C@@H]1OC(C)[C@@H](O)[C@H](O)C1O. The first-order valence-corrected chi connectivity index (χ1v) is 22.7. The Kier molecular flexibility index (Phi) is 19.4. The van der Waals surface area contributed by atoms with Crippen LogP contribution < -0.4 is 10.6 Å². The summed E-state index contributed by atoms with van der Waals surface area (Å²) in [6.07, 6.45) is -10.4. The smallest absolute Gasteiger partial charge is 0.332 e. The second-order valence-electron chi connectivity index (χ2n) is 17.9. The van der Waals surface area contributed by atoms with E-state index in [0.29, 0.717) is 19.3 Å². The fraction of sp³-hybridized carbons (Fsp3) is 0.756. The Balaban J connectivity index is 1.37. The Morgan fingerprint density at radius 1 is 0.812 bits per heavy atom. The Labute approximate surface area is 373 Å². The number of aliphatic hydroxyl groups excluding tert-OH is 5. The lowest BCUT2D eigenvalue weighted by molar-refractivity contribution is -0.338. The molecule has 1 aromatic rings. The molecular weight excluding hydrogens is 840 g/mol. The van der Waals surface area contributed by atoms with Gasteiger partial charge in [0.2, 0.25) is 11.8 Å². The van der Waals surface area contributed by atoms with Gasteiger partial charge >= 0.3 is 11.9 Å². The zero-order valence-electron chi connectivity index (χ0n) is 36.9. The van der Waals surface area contributed by atoms with Gasteiger partial charge in [0.15, 0.2) is 18.7 Å². The van der Waals surface area contributed by atoms with Crippen molar-refractivity contribution in [1.29, 1.82) is 0 Å². The minimum atomic E-state index is -1.66. The number of aryl methyl sites for hydroxylation is 1. The van der Waals surface area contributed by atoms with Gasteiger partial charge in [0.25, 0.3) is 0 Å². The predicted octanol–water partition coefficient (Wildman–Crippen LogP) is 1.10. The highest BCUT2D eigenvalue weighted by Crippen LogP contribution is 2.40. The van der Waals surface area contributed by atoms with E-state index in [2.05, 4.69) is 10.6 Å². The largest absolute Gasteiger partial charge is 0.481 e. The van der Waals surface area contributed by atoms with Crippen LogP contribution in [0.2, 0.25) is 0 Å². The van der Waals surface area contributed by atoms with Gasteiger partial charge in [-0.2, -0.15) is 0 Å². The number of benzene rings is 1. The number of hydrogen-bond acceptors (Lipinski definition) is 15. The molecule has 2 aliphatic carbocycles. The maximum atomic E-state index is 14.1. The van der Waals surface area contributed by atoms with Crippen molar-refractivity contribution >= 4 is 29.5 Å². The van der Waals surface area contributed by atoms with Crippen molar-refractivity contribution in [2.75, 3.05) is 6.61 Å². The molecule has 2 saturated carbocycles. The summed E-state index contributed by atoms with van der Waals surface area (Å²) in [5, 5.41) is 78.4. The van der Waals surface area contributed by atoms with Crippen molar-refractivity contribution in [1.82, 2.24) is 10.6 Å². The molecule has 19 nitrogen and oxygen atoms in total. The number of carboxylic acids is 2. The van der Waals surface area contributed by atoms with Gasteiger partial charge in [-0.1, -0.05) is 69.7 Å². The molecular formula is C45H68N2O17. The van der Waals surface area contributed by atoms with Gasteiger partial charge in [0, 0.05) is 32.2 Å². The number of aliphatic carboxylic acids is 2. The highest BCUT2D eigenvalue weighted by Gasteiger charge is 2.53. The van der Waals surface area contributed by atoms with E-state index in [-0.39, 0.29) is 56.3 Å². The lowest BCUT2D eigenvalue weighted by Crippen LogP contribution is -2.67. The summed E-state index contributed by atoms with van der Waals surface area (Å²) in [6.45, 7) is 4.12. The third-order valence-corrected chi connectivity index (χ3v) is 13.2. The average molecular weight is 909 g/mol. The molecule has 0 bridgehead atoms. The first kappa shape index (κ1) is 51.4. The first-order valence-electron chi connectivity index (χ1n) is 22.7. The topological polar surface area (TPSA) is 297 Å². The molecule has 15 atom stereocenters. The number of hydrogen-bond donors (Lipinski definition) is 9. The second-order valence-corrected chi connectivity index (χ2v) is 17.9. The van der Waals surface area contributed by atoms with E-state index in [4.69, 9.17) is 28.8 Å². The minimum Gasteiger partial charge on any atom is -0.481 e. The van der Waals surface area contributed by atoms with Crippen LogP contribution in [-0.2, 0) is 60.6 Å². The van der Waals surface area contributed by atoms with Crippen LogP contribution in [0.5, 0.6) is 0 Å². The summed E-state index contributed by atoms with van der Waals surface area (Å²) >= 11 is 0. The molecule has 6 unspecified atom stereocenters. The summed E-state index contributed by atoms with van der Waals surface area (Å²) in [6, 6.07) is 6.00. The highest BCUT2D eigenvalue weighted by molar-refractivity contribution is 5.81. The lowest BCUT2D eigenvalue weighted by Gasteiger charge is -2.49. The van der Waals surface area contributed by atoms with E-state index in [9.17, 15) is 54.6 Å². The molecule has 4 fully saturated rings. The molecule has 360 valence electrons. The molecule has 0 radical (unpaired) electrons. The average Bonchev–Trinajstić information content (AvgIpc) is 3.27. The number of carboxylic acid groups (broad SMARTS) is 2. The molecule has 2 amide bonds. The quantitative estimate of drug-likeness (QED) is 0.0834. The highest BCUT2D eigenvalue weighted by atomic mass is 16.7. The van der Waals surface area contributed by atoms with Gasteiger partial charge in [-0.25, -0.2) is 4.79 Å². The number of ether oxygens (including phenoxy) is 5. The van der Waals surface area contributed by atoms with Crippen molar-refractivity contribution in [2.24, 2.45) is 17.8 Å². The van der Waals surface area contributed by atoms with Crippen LogP contribution in [0.1, 0.15) is 109 Å². The maximum Gasteiger partial charge on any atom is 0.332 e. The molecule has 4 aliphatic rings. The van der Waals surface area contributed by atoms with Gasteiger partial charge in [0.05, 0.1) is 31.3 Å². The molecule has 5 rings (SSSR count). The third kappa shape index (κ3) is 13.9. The number of aliphatic hydroxyl groups is 5. The van der Waals surface area contributed by atoms with Gasteiger partial charge in [-0.3, -0.25) is 19.2 Å². The molecule has 0 aromatic heterocycles. The number of Topliss-reactive ketones (excluding diaryl/α,β-unsaturated/α-hetero) is 1. The summed E-state index contributed by atoms with van der Waals surface area (Å²) in [5.74, 6) is -4.27. The lowest BCUT2D eigenvalue weighted by atomic mass is 9.73. The standard InChI is InChI=1S/C45H68N2O17/c1-4-28-19-29(30(50)15-14-25-10-12-27(13-11-25)21-46-34(51)16-17-35(52)53)20-31(41(28)64-45-40(57)39(56)37(54)23(2)60-45)62-44-36(47-24(3)49)42(38(55)33(22-48)63-44)61-32(43(58)59)18-26-8-6-5-7-9-26/h10-13,23,26,28-29,31-33,36-42,44-45,48,54-57H,4-9,14-22H2,1-3H3,(H,46,51)(H,47,49)(H,52,53)(H,58,59)/t23?,28?,29?,31-,32+,33+,36?,37-,38+,39+,40?,41-,42?,44-,45+/m1/s1. The summed E-state index contributed by atoms with van der Waals surface area (Å²) in [5.41, 5.74) is 1.65. The molecule has 0 spiro atoms. The fourth-order valence-corrected chi connectivity index (χ4v) is 9.43. The number of rotatable bonds is 21. The van der Waals surface area contributed by atoms with E-state index in [0.717, 1.165) is 43.2 Å². The van der Waals surface area contributed by atoms with Crippen LogP contribution in [-0.4, -0.2) is 152 Å². The van der Waals surface area contributed by atoms with Gasteiger partial charge in [0.1, 0.15) is 48.4 Å². The number of nitrogens with one attached hydrogen (secondary N) is 2. The predicted molar refractivity (Wildman–Crippen MR) is 224 cm³/mol. The monoisotopic (exact) mass is 908 g/mol. The van der Waals surface area contributed by atoms with Crippen molar-refractivity contribution in [2.45, 2.75) is 190 Å². The van der Waals surface area contributed by atoms with Crippen molar-refractivity contribution in [3.63, 3.8) is 0 Å².